The molecule has 1 amide bonds. The summed E-state index contributed by atoms with van der Waals surface area (Å²) < 4.78 is 12.0. The van der Waals surface area contributed by atoms with Crippen molar-refractivity contribution in [3.05, 3.63) is 99.8 Å². The second kappa shape index (κ2) is 8.35. The molecule has 2 N–H and O–H groups in total. The zero-order valence-corrected chi connectivity index (χ0v) is 19.0. The van der Waals surface area contributed by atoms with Gasteiger partial charge >= 0.3 is 5.97 Å². The van der Waals surface area contributed by atoms with Crippen molar-refractivity contribution in [1.82, 2.24) is 0 Å². The highest BCUT2D eigenvalue weighted by atomic mass is 79.9. The van der Waals surface area contributed by atoms with Crippen LogP contribution in [0.2, 0.25) is 0 Å². The lowest BCUT2D eigenvalue weighted by Crippen LogP contribution is -2.30. The first-order valence-corrected chi connectivity index (χ1v) is 11.0. The zero-order chi connectivity index (χ0) is 24.0. The van der Waals surface area contributed by atoms with Crippen molar-refractivity contribution in [2.75, 3.05) is 4.90 Å². The van der Waals surface area contributed by atoms with Crippen LogP contribution in [0.5, 0.6) is 0 Å². The molecule has 34 heavy (non-hydrogen) atoms. The molecule has 2 aromatic carbocycles. The Bertz CT molecular complexity index is 1460. The summed E-state index contributed by atoms with van der Waals surface area (Å²) >= 11 is 3.38. The number of carboxylic acid groups (broad SMARTS) is 1. The van der Waals surface area contributed by atoms with Gasteiger partial charge in [-0.2, -0.15) is 0 Å². The minimum Gasteiger partial charge on any atom is -0.503 e. The summed E-state index contributed by atoms with van der Waals surface area (Å²) in [5.74, 6) is -2.88. The van der Waals surface area contributed by atoms with E-state index in [1.807, 2.05) is 0 Å². The first-order chi connectivity index (χ1) is 16.3. The molecule has 1 aliphatic rings. The normalized spacial score (nSPS) is 16.0. The van der Waals surface area contributed by atoms with Crippen LogP contribution in [-0.4, -0.2) is 27.9 Å². The van der Waals surface area contributed by atoms with Gasteiger partial charge in [0.05, 0.1) is 18.3 Å². The molecule has 1 atom stereocenters. The maximum Gasteiger partial charge on any atom is 0.307 e. The van der Waals surface area contributed by atoms with Gasteiger partial charge in [-0.3, -0.25) is 19.3 Å². The van der Waals surface area contributed by atoms with E-state index >= 15 is 0 Å². The molecule has 3 heterocycles. The number of carbonyl (C=O) groups excluding carboxylic acids is 2. The maximum absolute atomic E-state index is 13.5. The number of carboxylic acids is 1. The van der Waals surface area contributed by atoms with Crippen LogP contribution in [0, 0.1) is 0 Å². The number of anilines is 1. The number of halogens is 1. The topological polar surface area (TPSA) is 121 Å². The maximum atomic E-state index is 13.5. The highest BCUT2D eigenvalue weighted by Crippen LogP contribution is 2.42. The molecule has 1 aliphatic heterocycles. The van der Waals surface area contributed by atoms with Gasteiger partial charge in [0.1, 0.15) is 17.4 Å². The van der Waals surface area contributed by atoms with E-state index in [9.17, 15) is 19.5 Å². The zero-order valence-electron chi connectivity index (χ0n) is 17.4. The lowest BCUT2D eigenvalue weighted by molar-refractivity contribution is -0.136. The van der Waals surface area contributed by atoms with E-state index in [1.54, 1.807) is 60.7 Å². The van der Waals surface area contributed by atoms with E-state index in [-0.39, 0.29) is 23.5 Å². The second-order valence-electron chi connectivity index (χ2n) is 7.71. The van der Waals surface area contributed by atoms with Gasteiger partial charge < -0.3 is 19.0 Å². The number of hydrogen-bond acceptors (Lipinski definition) is 6. The van der Waals surface area contributed by atoms with Crippen LogP contribution in [0.1, 0.15) is 27.9 Å². The Labute approximate surface area is 200 Å². The van der Waals surface area contributed by atoms with Crippen LogP contribution in [0.25, 0.3) is 11.0 Å². The second-order valence-corrected chi connectivity index (χ2v) is 8.63. The number of hydrogen-bond donors (Lipinski definition) is 2. The van der Waals surface area contributed by atoms with E-state index in [0.29, 0.717) is 22.2 Å². The fourth-order valence-electron chi connectivity index (χ4n) is 4.03. The van der Waals surface area contributed by atoms with E-state index in [1.165, 1.54) is 11.2 Å². The van der Waals surface area contributed by atoms with Crippen LogP contribution < -0.4 is 4.90 Å². The van der Waals surface area contributed by atoms with Crippen molar-refractivity contribution in [2.24, 2.45) is 0 Å². The third-order valence-corrected chi connectivity index (χ3v) is 6.03. The molecule has 0 saturated heterocycles. The highest BCUT2D eigenvalue weighted by Gasteiger charge is 2.46. The number of Topliss-reactive ketones (excluding diaryl/α,β-unsaturated/α-hetero) is 1. The number of nitrogens with zero attached hydrogens (tertiary/aromatic N) is 1. The third-order valence-electron chi connectivity index (χ3n) is 5.54. The fraction of sp³-hybridized carbons (Fsp3) is 0.0800. The lowest BCUT2D eigenvalue weighted by Gasteiger charge is -2.25. The molecule has 8 nitrogen and oxygen atoms in total. The van der Waals surface area contributed by atoms with Gasteiger partial charge in [-0.15, -0.1) is 0 Å². The van der Waals surface area contributed by atoms with Crippen LogP contribution in [0.3, 0.4) is 0 Å². The summed E-state index contributed by atoms with van der Waals surface area (Å²) in [6.45, 7) is 0. The van der Waals surface area contributed by atoms with E-state index in [2.05, 4.69) is 15.9 Å². The van der Waals surface area contributed by atoms with Crippen molar-refractivity contribution in [3.63, 3.8) is 0 Å². The first-order valence-electron chi connectivity index (χ1n) is 10.2. The Balaban J connectivity index is 1.58. The summed E-state index contributed by atoms with van der Waals surface area (Å²) in [7, 11) is 0. The van der Waals surface area contributed by atoms with Crippen LogP contribution in [-0.2, 0) is 16.0 Å². The van der Waals surface area contributed by atoms with Crippen molar-refractivity contribution in [1.29, 1.82) is 0 Å². The molecule has 4 aromatic rings. The summed E-state index contributed by atoms with van der Waals surface area (Å²) in [6, 6.07) is 15.3. The van der Waals surface area contributed by atoms with Gasteiger partial charge in [0, 0.05) is 15.5 Å². The largest absolute Gasteiger partial charge is 0.503 e. The number of ketones is 1. The van der Waals surface area contributed by atoms with Crippen LogP contribution >= 0.6 is 15.9 Å². The SMILES string of the molecule is O=C(O)Cc1ccc(N2C(=O)C(O)=C(C(=O)c3cc4cc(Br)ccc4o3)C2c2ccco2)cc1. The number of rotatable bonds is 6. The molecule has 0 bridgehead atoms. The number of benzene rings is 2. The summed E-state index contributed by atoms with van der Waals surface area (Å²) in [5.41, 5.74) is 1.21. The molecule has 9 heteroatoms. The molecule has 0 radical (unpaired) electrons. The smallest absolute Gasteiger partial charge is 0.307 e. The Morgan fingerprint density at radius 2 is 1.82 bits per heavy atom. The van der Waals surface area contributed by atoms with Crippen molar-refractivity contribution < 1.29 is 33.4 Å². The molecule has 1 unspecified atom stereocenters. The average molecular weight is 522 g/mol. The van der Waals surface area contributed by atoms with E-state index < -0.39 is 29.5 Å². The quantitative estimate of drug-likeness (QED) is 0.334. The highest BCUT2D eigenvalue weighted by molar-refractivity contribution is 9.10. The van der Waals surface area contributed by atoms with Gasteiger partial charge in [0.2, 0.25) is 5.78 Å². The van der Waals surface area contributed by atoms with Crippen molar-refractivity contribution in [2.45, 2.75) is 12.5 Å². The van der Waals surface area contributed by atoms with Crippen LogP contribution in [0.15, 0.2) is 91.6 Å². The standard InChI is InChI=1S/C25H16BrNO7/c26-15-5-8-17-14(11-15)12-19(34-17)23(30)21-22(18-2-1-9-33-18)27(25(32)24(21)31)16-6-3-13(4-7-16)10-20(28)29/h1-9,11-12,22,31H,10H2,(H,28,29). The van der Waals surface area contributed by atoms with Gasteiger partial charge in [0.15, 0.2) is 11.5 Å². The number of aliphatic carboxylic acids is 1. The number of furan rings is 2. The predicted octanol–water partition coefficient (Wildman–Crippen LogP) is 5.20. The van der Waals surface area contributed by atoms with E-state index in [0.717, 1.165) is 4.47 Å². The molecular weight excluding hydrogens is 506 g/mol. The summed E-state index contributed by atoms with van der Waals surface area (Å²) in [4.78, 5) is 38.9. The molecule has 0 saturated carbocycles. The van der Waals surface area contributed by atoms with Crippen LogP contribution in [0.4, 0.5) is 5.69 Å². The number of carbonyl (C=O) groups is 3. The van der Waals surface area contributed by atoms with Gasteiger partial charge in [-0.05, 0) is 54.1 Å². The molecule has 170 valence electrons. The third kappa shape index (κ3) is 3.69. The Kier molecular flexibility index (Phi) is 5.33. The predicted molar refractivity (Wildman–Crippen MR) is 125 cm³/mol. The van der Waals surface area contributed by atoms with E-state index in [4.69, 9.17) is 13.9 Å². The number of aliphatic hydroxyl groups is 1. The fourth-order valence-corrected chi connectivity index (χ4v) is 4.41. The molecular formula is C25H16BrNO7. The Morgan fingerprint density at radius 3 is 2.50 bits per heavy atom. The lowest BCUT2D eigenvalue weighted by atomic mass is 9.99. The molecule has 0 spiro atoms. The number of fused-ring (bicyclic) bond motifs is 1. The Hall–Kier alpha value is -4.11. The minimum atomic E-state index is -1.04. The number of amides is 1. The van der Waals surface area contributed by atoms with Gasteiger partial charge in [-0.1, -0.05) is 28.1 Å². The minimum absolute atomic E-state index is 0.0299. The average Bonchev–Trinajstić information content (AvgIpc) is 3.52. The summed E-state index contributed by atoms with van der Waals surface area (Å²) in [6.07, 6.45) is 1.23. The summed E-state index contributed by atoms with van der Waals surface area (Å²) in [5, 5.41) is 20.5. The number of aliphatic hydroxyl groups excluding tert-OH is 1. The first kappa shape index (κ1) is 21.7. The molecule has 2 aromatic heterocycles. The molecule has 0 fully saturated rings. The van der Waals surface area contributed by atoms with Crippen molar-refractivity contribution in [3.8, 4) is 0 Å². The van der Waals surface area contributed by atoms with Gasteiger partial charge in [-0.25, -0.2) is 0 Å². The van der Waals surface area contributed by atoms with Crippen molar-refractivity contribution >= 4 is 50.2 Å². The monoisotopic (exact) mass is 521 g/mol. The molecule has 0 aliphatic carbocycles. The molecule has 5 rings (SSSR count). The Morgan fingerprint density at radius 1 is 1.06 bits per heavy atom. The van der Waals surface area contributed by atoms with Gasteiger partial charge in [0.25, 0.3) is 5.91 Å².